The molecule has 0 bridgehead atoms. The fourth-order valence-corrected chi connectivity index (χ4v) is 4.74. The number of hydrogen-bond acceptors (Lipinski definition) is 2. The van der Waals surface area contributed by atoms with Gasteiger partial charge in [0.2, 0.25) is 0 Å². The van der Waals surface area contributed by atoms with Gasteiger partial charge in [-0.15, -0.1) is 0 Å². The lowest BCUT2D eigenvalue weighted by Crippen LogP contribution is -2.55. The minimum atomic E-state index is 0.998. The summed E-state index contributed by atoms with van der Waals surface area (Å²) in [6, 6.07) is 0. The summed E-state index contributed by atoms with van der Waals surface area (Å²) in [5, 5.41) is 0. The van der Waals surface area contributed by atoms with E-state index in [2.05, 4.69) is 22.5 Å². The minimum absolute atomic E-state index is 0.998. The molecule has 3 nitrogen and oxygen atoms in total. The van der Waals surface area contributed by atoms with Crippen molar-refractivity contribution in [2.45, 2.75) is 142 Å². The van der Waals surface area contributed by atoms with Crippen molar-refractivity contribution < 1.29 is 5.73 Å². The molecule has 0 aromatic carbocycles. The first kappa shape index (κ1) is 27.5. The molecule has 1 rings (SSSR count). The lowest BCUT2D eigenvalue weighted by molar-refractivity contribution is -0.367. The third-order valence-electron chi connectivity index (χ3n) is 6.71. The summed E-state index contributed by atoms with van der Waals surface area (Å²) >= 11 is 0. The van der Waals surface area contributed by atoms with Crippen LogP contribution in [0, 0.1) is 0 Å². The Kier molecular flexibility index (Phi) is 19.8. The van der Waals surface area contributed by atoms with Crippen molar-refractivity contribution in [2.24, 2.45) is 4.99 Å². The highest BCUT2D eigenvalue weighted by atomic mass is 15.2. The number of nitrogens with zero attached hydrogens (tertiary/aromatic N) is 2. The third-order valence-corrected chi connectivity index (χ3v) is 6.71. The summed E-state index contributed by atoms with van der Waals surface area (Å²) in [5.74, 6) is 1.36. The maximum atomic E-state index is 4.67. The second-order valence-electron chi connectivity index (χ2n) is 9.61. The van der Waals surface area contributed by atoms with Gasteiger partial charge in [-0.2, -0.15) is 0 Å². The summed E-state index contributed by atoms with van der Waals surface area (Å²) in [5.41, 5.74) is 3.98. The molecule has 0 saturated carbocycles. The number of hydrogen-bond donors (Lipinski definition) is 1. The summed E-state index contributed by atoms with van der Waals surface area (Å²) in [6.45, 7) is 6.53. The van der Waals surface area contributed by atoms with Crippen LogP contribution in [0.1, 0.15) is 142 Å². The summed E-state index contributed by atoms with van der Waals surface area (Å²) < 4.78 is 0. The van der Waals surface area contributed by atoms with Crippen LogP contribution in [0.5, 0.6) is 0 Å². The molecule has 0 atom stereocenters. The van der Waals surface area contributed by atoms with Crippen molar-refractivity contribution in [3.05, 3.63) is 0 Å². The molecule has 0 aromatic heterocycles. The Bertz CT molecular complexity index is 380. The Morgan fingerprint density at radius 2 is 1.03 bits per heavy atom. The van der Waals surface area contributed by atoms with E-state index in [0.29, 0.717) is 0 Å². The molecule has 1 aliphatic heterocycles. The van der Waals surface area contributed by atoms with E-state index in [1.165, 1.54) is 141 Å². The number of aliphatic imine (C=N–C) groups is 1. The van der Waals surface area contributed by atoms with Crippen molar-refractivity contribution in [3.8, 4) is 0 Å². The zero-order valence-corrected chi connectivity index (χ0v) is 20.8. The van der Waals surface area contributed by atoms with Crippen LogP contribution in [0.25, 0.3) is 0 Å². The van der Waals surface area contributed by atoms with Crippen molar-refractivity contribution in [2.75, 3.05) is 26.2 Å². The van der Waals surface area contributed by atoms with E-state index in [1.54, 1.807) is 0 Å². The van der Waals surface area contributed by atoms with Gasteiger partial charge in [0.25, 0.3) is 0 Å². The van der Waals surface area contributed by atoms with E-state index in [4.69, 9.17) is 0 Å². The first-order chi connectivity index (χ1) is 14.9. The molecule has 0 amide bonds. The topological polar surface area (TPSA) is 43.2 Å². The maximum Gasteiger partial charge on any atom is 0.0992 e. The van der Waals surface area contributed by atoms with Crippen molar-refractivity contribution in [3.63, 3.8) is 0 Å². The van der Waals surface area contributed by atoms with Crippen molar-refractivity contribution in [1.29, 1.82) is 0 Å². The van der Waals surface area contributed by atoms with Crippen LogP contribution < -0.4 is 5.73 Å². The Morgan fingerprint density at radius 3 is 1.43 bits per heavy atom. The second kappa shape index (κ2) is 21.7. The SMILES string of the molecule is CCCCCCCCCCCCCCCCCCCCCCC1=NCCN1CC[NH3+]. The molecule has 0 fully saturated rings. The monoisotopic (exact) mass is 422 g/mol. The molecule has 1 aliphatic rings. The van der Waals surface area contributed by atoms with Crippen LogP contribution in [0.15, 0.2) is 4.99 Å². The summed E-state index contributed by atoms with van der Waals surface area (Å²) in [4.78, 5) is 7.12. The van der Waals surface area contributed by atoms with E-state index < -0.39 is 0 Å². The molecule has 3 N–H and O–H groups in total. The fourth-order valence-electron chi connectivity index (χ4n) is 4.74. The molecular weight excluding hydrogens is 366 g/mol. The molecule has 0 unspecified atom stereocenters. The highest BCUT2D eigenvalue weighted by Crippen LogP contribution is 2.15. The summed E-state index contributed by atoms with van der Waals surface area (Å²) in [6.07, 6.45) is 30.2. The van der Waals surface area contributed by atoms with Crippen LogP contribution >= 0.6 is 0 Å². The Hall–Kier alpha value is -0.570. The van der Waals surface area contributed by atoms with Gasteiger partial charge in [-0.3, -0.25) is 4.99 Å². The van der Waals surface area contributed by atoms with Crippen LogP contribution in [0.4, 0.5) is 0 Å². The van der Waals surface area contributed by atoms with Gasteiger partial charge in [0, 0.05) is 13.0 Å². The lowest BCUT2D eigenvalue weighted by Gasteiger charge is -2.18. The minimum Gasteiger partial charge on any atom is -0.356 e. The molecule has 30 heavy (non-hydrogen) atoms. The second-order valence-corrected chi connectivity index (χ2v) is 9.61. The van der Waals surface area contributed by atoms with Crippen LogP contribution in [0.3, 0.4) is 0 Å². The first-order valence-corrected chi connectivity index (χ1v) is 14.0. The van der Waals surface area contributed by atoms with E-state index >= 15 is 0 Å². The molecule has 1 heterocycles. The van der Waals surface area contributed by atoms with Crippen LogP contribution in [-0.4, -0.2) is 36.9 Å². The smallest absolute Gasteiger partial charge is 0.0992 e. The molecular formula is C27H56N3+. The van der Waals surface area contributed by atoms with Gasteiger partial charge in [0.15, 0.2) is 0 Å². The Balaban J connectivity index is 1.70. The summed E-state index contributed by atoms with van der Waals surface area (Å²) in [7, 11) is 0. The average molecular weight is 423 g/mol. The zero-order chi connectivity index (χ0) is 21.5. The van der Waals surface area contributed by atoms with Crippen LogP contribution in [0.2, 0.25) is 0 Å². The Labute approximate surface area is 189 Å². The predicted octanol–water partition coefficient (Wildman–Crippen LogP) is 7.15. The van der Waals surface area contributed by atoms with E-state index in [1.807, 2.05) is 0 Å². The number of unbranched alkanes of at least 4 members (excludes halogenated alkanes) is 19. The molecule has 0 aromatic rings. The van der Waals surface area contributed by atoms with Gasteiger partial charge in [-0.05, 0) is 6.42 Å². The lowest BCUT2D eigenvalue weighted by atomic mass is 10.0. The molecule has 3 heteroatoms. The van der Waals surface area contributed by atoms with E-state index in [-0.39, 0.29) is 0 Å². The van der Waals surface area contributed by atoms with Crippen LogP contribution in [-0.2, 0) is 0 Å². The molecule has 0 aliphatic carbocycles. The normalized spacial score (nSPS) is 13.9. The standard InChI is InChI=1S/C27H55N3/c1-2-3-4-5-6-7-8-9-10-11-12-13-14-15-16-17-18-19-20-21-22-27-29-24-26-30(27)25-23-28/h2-26,28H2,1H3/p+1. The first-order valence-electron chi connectivity index (χ1n) is 14.0. The van der Waals surface area contributed by atoms with Gasteiger partial charge in [0.1, 0.15) is 0 Å². The zero-order valence-electron chi connectivity index (χ0n) is 20.8. The molecule has 0 spiro atoms. The maximum absolute atomic E-state index is 4.67. The van der Waals surface area contributed by atoms with Gasteiger partial charge in [0.05, 0.1) is 25.5 Å². The number of amidine groups is 1. The Morgan fingerprint density at radius 1 is 0.633 bits per heavy atom. The largest absolute Gasteiger partial charge is 0.356 e. The quantitative estimate of drug-likeness (QED) is 0.174. The third kappa shape index (κ3) is 16.2. The van der Waals surface area contributed by atoms with Crippen molar-refractivity contribution >= 4 is 5.84 Å². The highest BCUT2D eigenvalue weighted by Gasteiger charge is 2.15. The van der Waals surface area contributed by atoms with Gasteiger partial charge >= 0.3 is 0 Å². The van der Waals surface area contributed by atoms with Crippen molar-refractivity contribution in [1.82, 2.24) is 4.90 Å². The predicted molar refractivity (Wildman–Crippen MR) is 134 cm³/mol. The number of rotatable bonds is 23. The van der Waals surface area contributed by atoms with Gasteiger partial charge < -0.3 is 10.6 Å². The van der Waals surface area contributed by atoms with Gasteiger partial charge in [-0.25, -0.2) is 0 Å². The molecule has 178 valence electrons. The average Bonchev–Trinajstić information content (AvgIpc) is 3.19. The fraction of sp³-hybridized carbons (Fsp3) is 0.963. The number of quaternary nitrogens is 1. The van der Waals surface area contributed by atoms with E-state index in [0.717, 1.165) is 26.2 Å². The molecule has 0 radical (unpaired) electrons. The highest BCUT2D eigenvalue weighted by molar-refractivity contribution is 5.83. The molecule has 0 saturated heterocycles. The van der Waals surface area contributed by atoms with Gasteiger partial charge in [-0.1, -0.05) is 129 Å². The van der Waals surface area contributed by atoms with E-state index in [9.17, 15) is 0 Å².